The molecule has 0 saturated heterocycles. The highest BCUT2D eigenvalue weighted by atomic mass is 35.5. The van der Waals surface area contributed by atoms with Gasteiger partial charge in [0.1, 0.15) is 5.82 Å². The van der Waals surface area contributed by atoms with Crippen molar-refractivity contribution in [1.29, 1.82) is 0 Å². The molecule has 1 aliphatic rings. The van der Waals surface area contributed by atoms with Gasteiger partial charge < -0.3 is 5.32 Å². The van der Waals surface area contributed by atoms with Gasteiger partial charge in [0.25, 0.3) is 0 Å². The Balaban J connectivity index is 2.05. The van der Waals surface area contributed by atoms with E-state index in [9.17, 15) is 4.79 Å². The molecule has 0 spiro atoms. The number of carbonyl (C=O) groups excluding carboxylic acids is 1. The lowest BCUT2D eigenvalue weighted by Crippen LogP contribution is -2.17. The molecular weight excluding hydrogens is 260 g/mol. The highest BCUT2D eigenvalue weighted by Crippen LogP contribution is 2.59. The lowest BCUT2D eigenvalue weighted by molar-refractivity contribution is -0.118. The van der Waals surface area contributed by atoms with Gasteiger partial charge in [-0.2, -0.15) is 0 Å². The van der Waals surface area contributed by atoms with Crippen LogP contribution in [0.15, 0.2) is 30.0 Å². The first-order valence-electron chi connectivity index (χ1n) is 6.40. The van der Waals surface area contributed by atoms with Gasteiger partial charge in [0, 0.05) is 6.20 Å². The van der Waals surface area contributed by atoms with Crippen molar-refractivity contribution in [1.82, 2.24) is 4.98 Å². The number of allylic oxidation sites excluding steroid dienone is 2. The van der Waals surface area contributed by atoms with Crippen LogP contribution in [0.5, 0.6) is 0 Å². The zero-order valence-electron chi connectivity index (χ0n) is 11.7. The summed E-state index contributed by atoms with van der Waals surface area (Å²) in [5.41, 5.74) is 1.27. The fourth-order valence-corrected chi connectivity index (χ4v) is 2.61. The van der Waals surface area contributed by atoms with Crippen molar-refractivity contribution in [2.24, 2.45) is 17.3 Å². The average molecular weight is 279 g/mol. The van der Waals surface area contributed by atoms with Crippen molar-refractivity contribution >= 4 is 23.3 Å². The van der Waals surface area contributed by atoms with Crippen LogP contribution < -0.4 is 5.32 Å². The lowest BCUT2D eigenvalue weighted by atomic mass is 10.1. The van der Waals surface area contributed by atoms with E-state index < -0.39 is 0 Å². The first-order valence-corrected chi connectivity index (χ1v) is 6.77. The third-order valence-electron chi connectivity index (χ3n) is 3.68. The van der Waals surface area contributed by atoms with Crippen LogP contribution in [0.2, 0.25) is 5.02 Å². The summed E-state index contributed by atoms with van der Waals surface area (Å²) in [5, 5.41) is 3.41. The quantitative estimate of drug-likeness (QED) is 0.852. The minimum Gasteiger partial charge on any atom is -0.310 e. The first-order chi connectivity index (χ1) is 8.82. The van der Waals surface area contributed by atoms with Crippen LogP contribution in [0.25, 0.3) is 0 Å². The van der Waals surface area contributed by atoms with E-state index >= 15 is 0 Å². The van der Waals surface area contributed by atoms with Crippen LogP contribution in [0.1, 0.15) is 27.7 Å². The molecule has 2 atom stereocenters. The smallest absolute Gasteiger partial charge is 0.229 e. The molecule has 0 aliphatic heterocycles. The summed E-state index contributed by atoms with van der Waals surface area (Å²) in [6.45, 7) is 8.36. The standard InChI is InChI=1S/C15H19ClN2O/c1-9(2)7-11-13(15(11,3)4)14(19)18-12-6-5-10(16)8-17-12/h5-8,11,13H,1-4H3,(H,17,18,19)/t11-,13+/m0/s1. The maximum atomic E-state index is 12.3. The molecule has 1 fully saturated rings. The van der Waals surface area contributed by atoms with Crippen molar-refractivity contribution in [2.75, 3.05) is 5.32 Å². The van der Waals surface area contributed by atoms with Crippen molar-refractivity contribution in [2.45, 2.75) is 27.7 Å². The van der Waals surface area contributed by atoms with Crippen LogP contribution in [0.3, 0.4) is 0 Å². The predicted octanol–water partition coefficient (Wildman–Crippen LogP) is 3.91. The summed E-state index contributed by atoms with van der Waals surface area (Å²) in [7, 11) is 0. The van der Waals surface area contributed by atoms with Gasteiger partial charge in [-0.1, -0.05) is 37.1 Å². The van der Waals surface area contributed by atoms with Crippen LogP contribution in [0.4, 0.5) is 5.82 Å². The Hall–Kier alpha value is -1.35. The number of pyridine rings is 1. The molecule has 4 heteroatoms. The summed E-state index contributed by atoms with van der Waals surface area (Å²) < 4.78 is 0. The van der Waals surface area contributed by atoms with Gasteiger partial charge in [-0.3, -0.25) is 4.79 Å². The van der Waals surface area contributed by atoms with Gasteiger partial charge in [-0.05, 0) is 37.3 Å². The van der Waals surface area contributed by atoms with E-state index in [0.717, 1.165) is 0 Å². The molecule has 1 saturated carbocycles. The topological polar surface area (TPSA) is 42.0 Å². The summed E-state index contributed by atoms with van der Waals surface area (Å²) in [4.78, 5) is 16.3. The number of aromatic nitrogens is 1. The van der Waals surface area contributed by atoms with Gasteiger partial charge >= 0.3 is 0 Å². The van der Waals surface area contributed by atoms with Crippen LogP contribution in [0, 0.1) is 17.3 Å². The van der Waals surface area contributed by atoms with Gasteiger partial charge in [-0.15, -0.1) is 0 Å². The molecule has 1 aliphatic carbocycles. The minimum absolute atomic E-state index is 0.0138. The van der Waals surface area contributed by atoms with Gasteiger partial charge in [0.15, 0.2) is 0 Å². The van der Waals surface area contributed by atoms with Crippen molar-refractivity contribution in [3.8, 4) is 0 Å². The maximum Gasteiger partial charge on any atom is 0.229 e. The summed E-state index contributed by atoms with van der Waals surface area (Å²) in [5.74, 6) is 0.903. The Morgan fingerprint density at radius 3 is 2.63 bits per heavy atom. The fourth-order valence-electron chi connectivity index (χ4n) is 2.50. The molecule has 0 aromatic carbocycles. The number of anilines is 1. The number of carbonyl (C=O) groups is 1. The molecule has 1 heterocycles. The Kier molecular flexibility index (Phi) is 3.68. The van der Waals surface area contributed by atoms with E-state index in [1.165, 1.54) is 11.8 Å². The second-order valence-electron chi connectivity index (χ2n) is 5.92. The normalized spacial score (nSPS) is 23.6. The zero-order chi connectivity index (χ0) is 14.2. The molecule has 19 heavy (non-hydrogen) atoms. The van der Waals surface area contributed by atoms with E-state index in [1.54, 1.807) is 12.1 Å². The highest BCUT2D eigenvalue weighted by Gasteiger charge is 2.60. The third-order valence-corrected chi connectivity index (χ3v) is 3.91. The zero-order valence-corrected chi connectivity index (χ0v) is 12.5. The van der Waals surface area contributed by atoms with Crippen LogP contribution in [-0.2, 0) is 4.79 Å². The molecule has 0 radical (unpaired) electrons. The van der Waals surface area contributed by atoms with Crippen LogP contribution >= 0.6 is 11.6 Å². The summed E-state index contributed by atoms with van der Waals surface area (Å²) in [6, 6.07) is 3.43. The SMILES string of the molecule is CC(C)=C[C@H]1[C@H](C(=O)Nc2ccc(Cl)cn2)C1(C)C. The minimum atomic E-state index is 0.0138. The fraction of sp³-hybridized carbons (Fsp3) is 0.467. The molecule has 0 unspecified atom stereocenters. The number of amides is 1. The first kappa shape index (κ1) is 14.1. The van der Waals surface area contributed by atoms with Gasteiger partial charge in [-0.25, -0.2) is 4.98 Å². The third kappa shape index (κ3) is 2.98. The Morgan fingerprint density at radius 2 is 2.11 bits per heavy atom. The second-order valence-corrected chi connectivity index (χ2v) is 6.36. The van der Waals surface area contributed by atoms with E-state index in [2.05, 4.69) is 44.1 Å². The molecule has 0 bridgehead atoms. The molecule has 1 aromatic rings. The second kappa shape index (κ2) is 4.97. The van der Waals surface area contributed by atoms with E-state index in [4.69, 9.17) is 11.6 Å². The predicted molar refractivity (Wildman–Crippen MR) is 78.1 cm³/mol. The Labute approximate surface area is 119 Å². The average Bonchev–Trinajstić information content (AvgIpc) is 2.83. The van der Waals surface area contributed by atoms with E-state index in [1.807, 2.05) is 0 Å². The number of nitrogens with one attached hydrogen (secondary N) is 1. The monoisotopic (exact) mass is 278 g/mol. The number of halogens is 1. The Bertz CT molecular complexity index is 515. The largest absolute Gasteiger partial charge is 0.310 e. The lowest BCUT2D eigenvalue weighted by Gasteiger charge is -2.05. The van der Waals surface area contributed by atoms with Crippen molar-refractivity contribution in [3.63, 3.8) is 0 Å². The molecule has 3 nitrogen and oxygen atoms in total. The molecule has 1 aromatic heterocycles. The number of rotatable bonds is 3. The maximum absolute atomic E-state index is 12.3. The van der Waals surface area contributed by atoms with Gasteiger partial charge in [0.2, 0.25) is 5.91 Å². The van der Waals surface area contributed by atoms with E-state index in [0.29, 0.717) is 16.8 Å². The van der Waals surface area contributed by atoms with E-state index in [-0.39, 0.29) is 17.2 Å². The Morgan fingerprint density at radius 1 is 1.42 bits per heavy atom. The van der Waals surface area contributed by atoms with Crippen molar-refractivity contribution in [3.05, 3.63) is 35.0 Å². The van der Waals surface area contributed by atoms with Crippen LogP contribution in [-0.4, -0.2) is 10.9 Å². The van der Waals surface area contributed by atoms with Gasteiger partial charge in [0.05, 0.1) is 10.9 Å². The number of hydrogen-bond acceptors (Lipinski definition) is 2. The van der Waals surface area contributed by atoms with Crippen molar-refractivity contribution < 1.29 is 4.79 Å². The molecular formula is C15H19ClN2O. The molecule has 1 N–H and O–H groups in total. The highest BCUT2D eigenvalue weighted by molar-refractivity contribution is 6.30. The number of nitrogens with zero attached hydrogens (tertiary/aromatic N) is 1. The summed E-state index contributed by atoms with van der Waals surface area (Å²) in [6.07, 6.45) is 3.71. The molecule has 102 valence electrons. The summed E-state index contributed by atoms with van der Waals surface area (Å²) >= 11 is 5.77. The number of hydrogen-bond donors (Lipinski definition) is 1. The molecule has 2 rings (SSSR count). The molecule has 1 amide bonds.